The molecule has 8 heteroatoms. The van der Waals surface area contributed by atoms with Gasteiger partial charge < -0.3 is 9.80 Å². The Hall–Kier alpha value is -1.15. The largest absolute Gasteiger partial charge is 0.340 e. The summed E-state index contributed by atoms with van der Waals surface area (Å²) in [6, 6.07) is 6.20. The molecule has 0 spiro atoms. The standard InChI is InChI=1S/C18H26ClN3O3S/c1-2-20-10-12-21(13-11-20)18(23)15-4-3-9-22(14-15)26(24,25)17-7-5-16(19)6-8-17/h5-8,15H,2-4,9-14H2,1H3. The van der Waals surface area contributed by atoms with Crippen LogP contribution in [-0.4, -0.2) is 74.2 Å². The lowest BCUT2D eigenvalue weighted by Crippen LogP contribution is -2.52. The minimum absolute atomic E-state index is 0.0942. The highest BCUT2D eigenvalue weighted by Gasteiger charge is 2.35. The number of amides is 1. The average Bonchev–Trinajstić information content (AvgIpc) is 2.68. The van der Waals surface area contributed by atoms with Crippen LogP contribution in [0.4, 0.5) is 0 Å². The first-order valence-corrected chi connectivity index (χ1v) is 11.0. The van der Waals surface area contributed by atoms with Gasteiger partial charge in [-0.25, -0.2) is 8.42 Å². The van der Waals surface area contributed by atoms with E-state index in [0.717, 1.165) is 39.1 Å². The first-order chi connectivity index (χ1) is 12.4. The van der Waals surface area contributed by atoms with Crippen molar-refractivity contribution >= 4 is 27.5 Å². The van der Waals surface area contributed by atoms with Gasteiger partial charge in [-0.2, -0.15) is 4.31 Å². The van der Waals surface area contributed by atoms with E-state index in [4.69, 9.17) is 11.6 Å². The molecule has 2 aliphatic rings. The third kappa shape index (κ3) is 4.22. The molecule has 3 rings (SSSR count). The molecule has 1 aromatic rings. The quantitative estimate of drug-likeness (QED) is 0.775. The predicted octanol–water partition coefficient (Wildman–Crippen LogP) is 1.90. The Morgan fingerprint density at radius 1 is 1.12 bits per heavy atom. The number of rotatable bonds is 4. The van der Waals surface area contributed by atoms with Crippen LogP contribution in [0.1, 0.15) is 19.8 Å². The Kier molecular flexibility index (Phi) is 6.22. The van der Waals surface area contributed by atoms with Crippen LogP contribution in [0.2, 0.25) is 5.02 Å². The summed E-state index contributed by atoms with van der Waals surface area (Å²) in [6.07, 6.45) is 1.46. The minimum Gasteiger partial charge on any atom is -0.340 e. The van der Waals surface area contributed by atoms with Crippen molar-refractivity contribution in [1.29, 1.82) is 0 Å². The molecule has 0 N–H and O–H groups in total. The van der Waals surface area contributed by atoms with Gasteiger partial charge in [-0.05, 0) is 43.7 Å². The molecular formula is C18H26ClN3O3S. The molecule has 2 aliphatic heterocycles. The number of nitrogens with zero attached hydrogens (tertiary/aromatic N) is 3. The van der Waals surface area contributed by atoms with Crippen LogP contribution in [-0.2, 0) is 14.8 Å². The highest BCUT2D eigenvalue weighted by atomic mass is 35.5. The van der Waals surface area contributed by atoms with Crippen LogP contribution in [0.3, 0.4) is 0 Å². The van der Waals surface area contributed by atoms with Crippen LogP contribution in [0, 0.1) is 5.92 Å². The lowest BCUT2D eigenvalue weighted by molar-refractivity contribution is -0.138. The van der Waals surface area contributed by atoms with E-state index >= 15 is 0 Å². The molecule has 26 heavy (non-hydrogen) atoms. The number of piperidine rings is 1. The van der Waals surface area contributed by atoms with E-state index in [2.05, 4.69) is 11.8 Å². The number of halogens is 1. The second-order valence-electron chi connectivity index (χ2n) is 6.92. The summed E-state index contributed by atoms with van der Waals surface area (Å²) >= 11 is 5.86. The Labute approximate surface area is 160 Å². The summed E-state index contributed by atoms with van der Waals surface area (Å²) in [5.41, 5.74) is 0. The van der Waals surface area contributed by atoms with Crippen LogP contribution < -0.4 is 0 Å². The van der Waals surface area contributed by atoms with Crippen LogP contribution in [0.5, 0.6) is 0 Å². The molecule has 144 valence electrons. The molecule has 0 radical (unpaired) electrons. The minimum atomic E-state index is -3.59. The maximum absolute atomic E-state index is 12.9. The SMILES string of the molecule is CCN1CCN(C(=O)C2CCCN(S(=O)(=O)c3ccc(Cl)cc3)C2)CC1. The van der Waals surface area contributed by atoms with Crippen molar-refractivity contribution in [3.63, 3.8) is 0 Å². The second kappa shape index (κ2) is 8.25. The van der Waals surface area contributed by atoms with Gasteiger partial charge in [-0.15, -0.1) is 0 Å². The number of sulfonamides is 1. The zero-order chi connectivity index (χ0) is 18.7. The lowest BCUT2D eigenvalue weighted by atomic mass is 9.98. The number of hydrogen-bond donors (Lipinski definition) is 0. The van der Waals surface area contributed by atoms with Crippen LogP contribution >= 0.6 is 11.6 Å². The Morgan fingerprint density at radius 3 is 2.38 bits per heavy atom. The Bertz CT molecular complexity index is 731. The molecular weight excluding hydrogens is 374 g/mol. The molecule has 0 saturated carbocycles. The van der Waals surface area contributed by atoms with Gasteiger partial charge in [0.1, 0.15) is 0 Å². The zero-order valence-corrected chi connectivity index (χ0v) is 16.7. The van der Waals surface area contributed by atoms with Gasteiger partial charge in [-0.3, -0.25) is 4.79 Å². The van der Waals surface area contributed by atoms with Crippen molar-refractivity contribution in [2.24, 2.45) is 5.92 Å². The van der Waals surface area contributed by atoms with Crippen molar-refractivity contribution in [2.75, 3.05) is 45.8 Å². The molecule has 1 unspecified atom stereocenters. The zero-order valence-electron chi connectivity index (χ0n) is 15.1. The molecule has 2 saturated heterocycles. The van der Waals surface area contributed by atoms with E-state index in [1.54, 1.807) is 12.1 Å². The summed E-state index contributed by atoms with van der Waals surface area (Å²) in [6.45, 7) is 7.08. The van der Waals surface area contributed by atoms with Gasteiger partial charge in [0, 0.05) is 44.3 Å². The van der Waals surface area contributed by atoms with Crippen molar-refractivity contribution < 1.29 is 13.2 Å². The highest BCUT2D eigenvalue weighted by Crippen LogP contribution is 2.26. The summed E-state index contributed by atoms with van der Waals surface area (Å²) < 4.78 is 27.2. The van der Waals surface area contributed by atoms with Crippen molar-refractivity contribution in [1.82, 2.24) is 14.1 Å². The van der Waals surface area contributed by atoms with E-state index in [0.29, 0.717) is 18.0 Å². The number of carbonyl (C=O) groups is 1. The first kappa shape index (κ1) is 19.6. The smallest absolute Gasteiger partial charge is 0.243 e. The predicted molar refractivity (Wildman–Crippen MR) is 102 cm³/mol. The van der Waals surface area contributed by atoms with E-state index < -0.39 is 10.0 Å². The fourth-order valence-corrected chi connectivity index (χ4v) is 5.31. The number of likely N-dealkylation sites (N-methyl/N-ethyl adjacent to an activating group) is 1. The Morgan fingerprint density at radius 2 is 1.77 bits per heavy atom. The lowest BCUT2D eigenvalue weighted by Gasteiger charge is -2.38. The fourth-order valence-electron chi connectivity index (χ4n) is 3.66. The molecule has 0 bridgehead atoms. The summed E-state index contributed by atoms with van der Waals surface area (Å²) in [4.78, 5) is 17.3. The van der Waals surface area contributed by atoms with Crippen LogP contribution in [0.25, 0.3) is 0 Å². The number of piperazine rings is 1. The molecule has 1 amide bonds. The van der Waals surface area contributed by atoms with Gasteiger partial charge in [0.05, 0.1) is 10.8 Å². The van der Waals surface area contributed by atoms with E-state index in [-0.39, 0.29) is 23.3 Å². The van der Waals surface area contributed by atoms with Crippen molar-refractivity contribution in [3.8, 4) is 0 Å². The molecule has 6 nitrogen and oxygen atoms in total. The average molecular weight is 400 g/mol. The third-order valence-corrected chi connectivity index (χ3v) is 7.45. The molecule has 1 aromatic carbocycles. The van der Waals surface area contributed by atoms with Gasteiger partial charge in [0.2, 0.25) is 15.9 Å². The normalized spacial score (nSPS) is 23.2. The van der Waals surface area contributed by atoms with E-state index in [1.165, 1.54) is 16.4 Å². The third-order valence-electron chi connectivity index (χ3n) is 5.32. The molecule has 0 aromatic heterocycles. The fraction of sp³-hybridized carbons (Fsp3) is 0.611. The summed E-state index contributed by atoms with van der Waals surface area (Å²) in [7, 11) is -3.59. The topological polar surface area (TPSA) is 60.9 Å². The van der Waals surface area contributed by atoms with Gasteiger partial charge in [0.15, 0.2) is 0 Å². The molecule has 2 fully saturated rings. The van der Waals surface area contributed by atoms with Crippen molar-refractivity contribution in [3.05, 3.63) is 29.3 Å². The maximum Gasteiger partial charge on any atom is 0.243 e. The van der Waals surface area contributed by atoms with E-state index in [9.17, 15) is 13.2 Å². The molecule has 2 heterocycles. The second-order valence-corrected chi connectivity index (χ2v) is 9.29. The summed E-state index contributed by atoms with van der Waals surface area (Å²) in [5, 5.41) is 0.502. The monoisotopic (exact) mass is 399 g/mol. The number of benzene rings is 1. The molecule has 0 aliphatic carbocycles. The van der Waals surface area contributed by atoms with Gasteiger partial charge in [-0.1, -0.05) is 18.5 Å². The van der Waals surface area contributed by atoms with E-state index in [1.807, 2.05) is 4.90 Å². The number of hydrogen-bond acceptors (Lipinski definition) is 4. The van der Waals surface area contributed by atoms with Gasteiger partial charge in [0.25, 0.3) is 0 Å². The maximum atomic E-state index is 12.9. The highest BCUT2D eigenvalue weighted by molar-refractivity contribution is 7.89. The van der Waals surface area contributed by atoms with Crippen molar-refractivity contribution in [2.45, 2.75) is 24.7 Å². The van der Waals surface area contributed by atoms with Gasteiger partial charge >= 0.3 is 0 Å². The Balaban J connectivity index is 1.67. The summed E-state index contributed by atoms with van der Waals surface area (Å²) in [5.74, 6) is -0.157. The first-order valence-electron chi connectivity index (χ1n) is 9.18. The van der Waals surface area contributed by atoms with Crippen LogP contribution in [0.15, 0.2) is 29.2 Å². The molecule has 1 atom stereocenters. The number of carbonyl (C=O) groups excluding carboxylic acids is 1.